The van der Waals surface area contributed by atoms with Gasteiger partial charge in [0.05, 0.1) is 0 Å². The monoisotopic (exact) mass is 257 g/mol. The Kier molecular flexibility index (Phi) is 3.39. The van der Waals surface area contributed by atoms with Crippen molar-refractivity contribution in [3.8, 4) is 22.3 Å². The van der Waals surface area contributed by atoms with Crippen LogP contribution in [0.3, 0.4) is 0 Å². The van der Waals surface area contributed by atoms with Gasteiger partial charge < -0.3 is 0 Å². The molecule has 0 heteroatoms. The molecule has 0 atom stereocenters. The van der Waals surface area contributed by atoms with Gasteiger partial charge in [-0.15, -0.1) is 0 Å². The maximum absolute atomic E-state index is 3.50. The predicted octanol–water partition coefficient (Wildman–Crippen LogP) is 5.44. The number of aryl methyl sites for hydroxylation is 2. The number of hydrogen-bond donors (Lipinski definition) is 0. The summed E-state index contributed by atoms with van der Waals surface area (Å²) in [5, 5.41) is 0. The minimum absolute atomic E-state index is 1.20. The van der Waals surface area contributed by atoms with Crippen molar-refractivity contribution in [2.75, 3.05) is 0 Å². The smallest absolute Gasteiger partial charge is 0.0107 e. The normalized spacial score (nSPS) is 10.5. The molecule has 97 valence electrons. The highest BCUT2D eigenvalue weighted by atomic mass is 14.1. The van der Waals surface area contributed by atoms with Gasteiger partial charge >= 0.3 is 0 Å². The van der Waals surface area contributed by atoms with Crippen molar-refractivity contribution in [1.82, 2.24) is 0 Å². The fourth-order valence-electron chi connectivity index (χ4n) is 2.61. The van der Waals surface area contributed by atoms with E-state index in [2.05, 4.69) is 86.6 Å². The van der Waals surface area contributed by atoms with Crippen LogP contribution in [-0.2, 0) is 0 Å². The molecule has 0 aliphatic heterocycles. The van der Waals surface area contributed by atoms with Crippen molar-refractivity contribution in [2.45, 2.75) is 13.8 Å². The molecule has 20 heavy (non-hydrogen) atoms. The van der Waals surface area contributed by atoms with E-state index in [0.29, 0.717) is 0 Å². The van der Waals surface area contributed by atoms with Gasteiger partial charge in [-0.3, -0.25) is 0 Å². The van der Waals surface area contributed by atoms with Crippen LogP contribution in [0.25, 0.3) is 22.3 Å². The van der Waals surface area contributed by atoms with Gasteiger partial charge in [0, 0.05) is 0 Å². The van der Waals surface area contributed by atoms with E-state index >= 15 is 0 Å². The van der Waals surface area contributed by atoms with Crippen LogP contribution in [0.4, 0.5) is 0 Å². The summed E-state index contributed by atoms with van der Waals surface area (Å²) >= 11 is 0. The first-order valence-corrected chi connectivity index (χ1v) is 6.90. The zero-order chi connectivity index (χ0) is 13.9. The molecule has 0 bridgehead atoms. The molecular weight excluding hydrogens is 240 g/mol. The van der Waals surface area contributed by atoms with Crippen molar-refractivity contribution in [3.05, 3.63) is 83.9 Å². The van der Waals surface area contributed by atoms with Crippen LogP contribution < -0.4 is 0 Å². The highest BCUT2D eigenvalue weighted by Crippen LogP contribution is 2.31. The second kappa shape index (κ2) is 5.34. The van der Waals surface area contributed by atoms with Crippen molar-refractivity contribution in [1.29, 1.82) is 0 Å². The lowest BCUT2D eigenvalue weighted by atomic mass is 9.92. The summed E-state index contributed by atoms with van der Waals surface area (Å²) in [4.78, 5) is 0. The molecule has 0 aliphatic carbocycles. The van der Waals surface area contributed by atoms with Crippen LogP contribution in [0.5, 0.6) is 0 Å². The van der Waals surface area contributed by atoms with Gasteiger partial charge in [0.25, 0.3) is 0 Å². The number of hydrogen-bond acceptors (Lipinski definition) is 0. The van der Waals surface area contributed by atoms with E-state index in [-0.39, 0.29) is 0 Å². The van der Waals surface area contributed by atoms with E-state index in [1.807, 2.05) is 0 Å². The Labute approximate surface area is 120 Å². The highest BCUT2D eigenvalue weighted by molar-refractivity contribution is 5.77. The van der Waals surface area contributed by atoms with Gasteiger partial charge in [0.15, 0.2) is 0 Å². The molecule has 3 rings (SSSR count). The molecule has 1 radical (unpaired) electrons. The molecule has 3 aromatic carbocycles. The first kappa shape index (κ1) is 12.7. The van der Waals surface area contributed by atoms with Gasteiger partial charge in [-0.1, -0.05) is 60.7 Å². The van der Waals surface area contributed by atoms with E-state index < -0.39 is 0 Å². The van der Waals surface area contributed by atoms with Crippen molar-refractivity contribution < 1.29 is 0 Å². The Hall–Kier alpha value is -2.34. The van der Waals surface area contributed by atoms with Crippen molar-refractivity contribution in [3.63, 3.8) is 0 Å². The first-order valence-electron chi connectivity index (χ1n) is 6.90. The lowest BCUT2D eigenvalue weighted by Crippen LogP contribution is -1.90. The van der Waals surface area contributed by atoms with Crippen LogP contribution >= 0.6 is 0 Å². The fourth-order valence-corrected chi connectivity index (χ4v) is 2.61. The Balaban J connectivity index is 2.19. The molecule has 3 aromatic rings. The minimum Gasteiger partial charge on any atom is -0.0622 e. The molecule has 0 heterocycles. The van der Waals surface area contributed by atoms with E-state index in [1.165, 1.54) is 33.4 Å². The summed E-state index contributed by atoms with van der Waals surface area (Å²) < 4.78 is 0. The zero-order valence-corrected chi connectivity index (χ0v) is 11.9. The summed E-state index contributed by atoms with van der Waals surface area (Å²) in [5.41, 5.74) is 7.42. The van der Waals surface area contributed by atoms with Gasteiger partial charge in [-0.05, 0) is 59.4 Å². The van der Waals surface area contributed by atoms with Crippen LogP contribution in [0, 0.1) is 19.9 Å². The van der Waals surface area contributed by atoms with E-state index in [0.717, 1.165) is 0 Å². The number of rotatable bonds is 2. The first-order chi connectivity index (χ1) is 9.75. The quantitative estimate of drug-likeness (QED) is 0.573. The lowest BCUT2D eigenvalue weighted by molar-refractivity contribution is 1.36. The maximum atomic E-state index is 3.50. The number of benzene rings is 3. The third-order valence-electron chi connectivity index (χ3n) is 3.64. The Bertz CT molecular complexity index is 649. The molecule has 0 saturated heterocycles. The summed E-state index contributed by atoms with van der Waals surface area (Å²) in [6.45, 7) is 4.26. The topological polar surface area (TPSA) is 0 Å². The van der Waals surface area contributed by atoms with E-state index in [1.54, 1.807) is 0 Å². The summed E-state index contributed by atoms with van der Waals surface area (Å²) in [5.74, 6) is 0. The van der Waals surface area contributed by atoms with Crippen LogP contribution in [0.15, 0.2) is 66.7 Å². The average Bonchev–Trinajstić information content (AvgIpc) is 2.49. The SMILES string of the molecule is Cc1[c]c(C)c(-c2ccccc2)cc1-c1ccccc1. The van der Waals surface area contributed by atoms with Crippen molar-refractivity contribution >= 4 is 0 Å². The average molecular weight is 257 g/mol. The largest absolute Gasteiger partial charge is 0.0622 e. The summed E-state index contributed by atoms with van der Waals surface area (Å²) in [6, 6.07) is 26.8. The second-order valence-corrected chi connectivity index (χ2v) is 5.08. The minimum atomic E-state index is 1.20. The molecule has 0 aromatic heterocycles. The highest BCUT2D eigenvalue weighted by Gasteiger charge is 2.08. The molecule has 0 aliphatic rings. The molecule has 0 amide bonds. The maximum Gasteiger partial charge on any atom is -0.0107 e. The van der Waals surface area contributed by atoms with Crippen molar-refractivity contribution in [2.24, 2.45) is 0 Å². The molecule has 0 N–H and O–H groups in total. The van der Waals surface area contributed by atoms with Crippen LogP contribution in [0.2, 0.25) is 0 Å². The van der Waals surface area contributed by atoms with Gasteiger partial charge in [0.1, 0.15) is 0 Å². The molecular formula is C20H17. The van der Waals surface area contributed by atoms with E-state index in [9.17, 15) is 0 Å². The lowest BCUT2D eigenvalue weighted by Gasteiger charge is -2.12. The van der Waals surface area contributed by atoms with Crippen LogP contribution in [0.1, 0.15) is 11.1 Å². The fraction of sp³-hybridized carbons (Fsp3) is 0.100. The van der Waals surface area contributed by atoms with Gasteiger partial charge in [-0.2, -0.15) is 0 Å². The molecule has 0 nitrogen and oxygen atoms in total. The third kappa shape index (κ3) is 2.37. The summed E-state index contributed by atoms with van der Waals surface area (Å²) in [6.07, 6.45) is 0. The second-order valence-electron chi connectivity index (χ2n) is 5.08. The predicted molar refractivity (Wildman–Crippen MR) is 85.6 cm³/mol. The Morgan fingerprint density at radius 3 is 1.40 bits per heavy atom. The van der Waals surface area contributed by atoms with E-state index in [4.69, 9.17) is 0 Å². The van der Waals surface area contributed by atoms with Gasteiger partial charge in [0.2, 0.25) is 0 Å². The van der Waals surface area contributed by atoms with Crippen LogP contribution in [-0.4, -0.2) is 0 Å². The molecule has 0 unspecified atom stereocenters. The Morgan fingerprint density at radius 2 is 1.00 bits per heavy atom. The molecule has 0 spiro atoms. The Morgan fingerprint density at radius 1 is 0.600 bits per heavy atom. The molecule has 0 fully saturated rings. The third-order valence-corrected chi connectivity index (χ3v) is 3.64. The molecule has 0 saturated carbocycles. The summed E-state index contributed by atoms with van der Waals surface area (Å²) in [7, 11) is 0. The van der Waals surface area contributed by atoms with Gasteiger partial charge in [-0.25, -0.2) is 0 Å². The standard InChI is InChI=1S/C20H17/c1-15-13-16(2)20(18-11-7-4-8-12-18)14-19(15)17-9-5-3-6-10-17/h3-12,14H,1-2H3. The zero-order valence-electron chi connectivity index (χ0n) is 11.9.